The minimum absolute atomic E-state index is 0.262. The first kappa shape index (κ1) is 22.2. The van der Waals surface area contributed by atoms with Crippen LogP contribution in [0.3, 0.4) is 0 Å². The molecule has 156 valence electrons. The fourth-order valence-corrected chi connectivity index (χ4v) is 4.61. The summed E-state index contributed by atoms with van der Waals surface area (Å²) in [7, 11) is -1.44. The summed E-state index contributed by atoms with van der Waals surface area (Å²) in [6.45, 7) is 8.28. The Morgan fingerprint density at radius 2 is 1.17 bits per heavy atom. The standard InChI is InChI=1S/C27H33NOSi/c1-30(2,3)29-23-13-21-28-22-20-27(24-14-7-4-8-15-24,25-16-9-5-10-17-25)26-18-11-6-12-19-26/h4-12,14-19,22H,13,20-21,23H2,1-3H3. The highest BCUT2D eigenvalue weighted by atomic mass is 28.4. The molecule has 0 bridgehead atoms. The van der Waals surface area contributed by atoms with Crippen molar-refractivity contribution in [3.63, 3.8) is 0 Å². The fourth-order valence-electron chi connectivity index (χ4n) is 3.85. The van der Waals surface area contributed by atoms with Gasteiger partial charge < -0.3 is 4.43 Å². The Bertz CT molecular complexity index is 805. The Morgan fingerprint density at radius 3 is 1.57 bits per heavy atom. The fraction of sp³-hybridized carbons (Fsp3) is 0.296. The Balaban J connectivity index is 1.89. The third-order valence-corrected chi connectivity index (χ3v) is 6.36. The van der Waals surface area contributed by atoms with E-state index in [4.69, 9.17) is 9.42 Å². The lowest BCUT2D eigenvalue weighted by atomic mass is 9.67. The molecule has 0 aliphatic rings. The van der Waals surface area contributed by atoms with E-state index < -0.39 is 8.32 Å². The molecular weight excluding hydrogens is 382 g/mol. The average molecular weight is 416 g/mol. The highest BCUT2D eigenvalue weighted by molar-refractivity contribution is 6.69. The Labute approximate surface area is 182 Å². The molecule has 0 atom stereocenters. The van der Waals surface area contributed by atoms with Gasteiger partial charge in [-0.1, -0.05) is 91.0 Å². The Morgan fingerprint density at radius 1 is 0.733 bits per heavy atom. The highest BCUT2D eigenvalue weighted by Gasteiger charge is 2.35. The molecule has 0 fully saturated rings. The average Bonchev–Trinajstić information content (AvgIpc) is 2.77. The molecular formula is C27H33NOSi. The Hall–Kier alpha value is -2.49. The number of benzene rings is 3. The highest BCUT2D eigenvalue weighted by Crippen LogP contribution is 2.41. The van der Waals surface area contributed by atoms with Gasteiger partial charge in [0.25, 0.3) is 0 Å². The van der Waals surface area contributed by atoms with Crippen molar-refractivity contribution in [2.45, 2.75) is 37.9 Å². The summed E-state index contributed by atoms with van der Waals surface area (Å²) in [5, 5.41) is 0. The number of hydrogen-bond donors (Lipinski definition) is 0. The van der Waals surface area contributed by atoms with Gasteiger partial charge in [-0.3, -0.25) is 4.99 Å². The van der Waals surface area contributed by atoms with Gasteiger partial charge in [0.05, 0.1) is 0 Å². The van der Waals surface area contributed by atoms with Crippen molar-refractivity contribution in [1.29, 1.82) is 0 Å². The number of hydrogen-bond acceptors (Lipinski definition) is 2. The molecule has 0 aromatic heterocycles. The molecule has 3 aromatic carbocycles. The second kappa shape index (κ2) is 10.5. The molecule has 3 rings (SSSR count). The SMILES string of the molecule is C[Si](C)(C)OCCCN=CCC(c1ccccc1)(c1ccccc1)c1ccccc1. The van der Waals surface area contributed by atoms with Crippen molar-refractivity contribution >= 4 is 14.5 Å². The first-order valence-electron chi connectivity index (χ1n) is 10.8. The van der Waals surface area contributed by atoms with Gasteiger partial charge in [-0.05, 0) is 42.8 Å². The summed E-state index contributed by atoms with van der Waals surface area (Å²) in [5.74, 6) is 0. The van der Waals surface area contributed by atoms with E-state index in [1.165, 1.54) is 16.7 Å². The van der Waals surface area contributed by atoms with Crippen molar-refractivity contribution in [2.24, 2.45) is 4.99 Å². The molecule has 0 radical (unpaired) electrons. The van der Waals surface area contributed by atoms with Crippen LogP contribution in [0.1, 0.15) is 29.5 Å². The van der Waals surface area contributed by atoms with Crippen LogP contribution in [0.25, 0.3) is 0 Å². The quantitative estimate of drug-likeness (QED) is 0.156. The van der Waals surface area contributed by atoms with E-state index in [1.807, 2.05) is 0 Å². The maximum Gasteiger partial charge on any atom is 0.183 e. The van der Waals surface area contributed by atoms with Crippen LogP contribution in [-0.4, -0.2) is 27.7 Å². The molecule has 0 aliphatic heterocycles. The monoisotopic (exact) mass is 415 g/mol. The van der Waals surface area contributed by atoms with Crippen molar-refractivity contribution in [3.05, 3.63) is 108 Å². The van der Waals surface area contributed by atoms with Crippen molar-refractivity contribution < 1.29 is 4.43 Å². The molecule has 2 nitrogen and oxygen atoms in total. The summed E-state index contributed by atoms with van der Waals surface area (Å²) < 4.78 is 5.95. The number of aliphatic imine (C=N–C) groups is 1. The third-order valence-electron chi connectivity index (χ3n) is 5.29. The zero-order valence-corrected chi connectivity index (χ0v) is 19.4. The maximum absolute atomic E-state index is 5.95. The minimum Gasteiger partial charge on any atom is -0.418 e. The van der Waals surface area contributed by atoms with E-state index >= 15 is 0 Å². The molecule has 0 unspecified atom stereocenters. The minimum atomic E-state index is -1.44. The number of rotatable bonds is 10. The zero-order valence-electron chi connectivity index (χ0n) is 18.4. The van der Waals surface area contributed by atoms with Crippen LogP contribution < -0.4 is 0 Å². The van der Waals surface area contributed by atoms with Crippen molar-refractivity contribution in [3.8, 4) is 0 Å². The van der Waals surface area contributed by atoms with E-state index in [1.54, 1.807) is 0 Å². The van der Waals surface area contributed by atoms with Gasteiger partial charge in [0.2, 0.25) is 0 Å². The summed E-state index contributed by atoms with van der Waals surface area (Å²) >= 11 is 0. The molecule has 0 N–H and O–H groups in total. The van der Waals surface area contributed by atoms with Gasteiger partial charge in [-0.15, -0.1) is 0 Å². The van der Waals surface area contributed by atoms with E-state index in [0.29, 0.717) is 0 Å². The second-order valence-corrected chi connectivity index (χ2v) is 13.1. The second-order valence-electron chi connectivity index (χ2n) is 8.61. The maximum atomic E-state index is 5.95. The number of nitrogens with zero attached hydrogens (tertiary/aromatic N) is 1. The molecule has 0 spiro atoms. The molecule has 0 saturated heterocycles. The van der Waals surface area contributed by atoms with Crippen LogP contribution in [0.5, 0.6) is 0 Å². The lowest BCUT2D eigenvalue weighted by Crippen LogP contribution is -2.30. The zero-order chi connectivity index (χ0) is 21.3. The van der Waals surface area contributed by atoms with Crippen LogP contribution in [-0.2, 0) is 9.84 Å². The van der Waals surface area contributed by atoms with Crippen LogP contribution in [0.15, 0.2) is 96.0 Å². The summed E-state index contributed by atoms with van der Waals surface area (Å²) in [5.41, 5.74) is 3.60. The predicted molar refractivity (Wildman–Crippen MR) is 131 cm³/mol. The molecule has 0 saturated carbocycles. The van der Waals surface area contributed by atoms with Crippen LogP contribution >= 0.6 is 0 Å². The molecule has 30 heavy (non-hydrogen) atoms. The topological polar surface area (TPSA) is 21.6 Å². The largest absolute Gasteiger partial charge is 0.418 e. The van der Waals surface area contributed by atoms with Crippen LogP contribution in [0.4, 0.5) is 0 Å². The van der Waals surface area contributed by atoms with Gasteiger partial charge in [0.1, 0.15) is 0 Å². The summed E-state index contributed by atoms with van der Waals surface area (Å²) in [6, 6.07) is 32.4. The Kier molecular flexibility index (Phi) is 7.78. The van der Waals surface area contributed by atoms with Crippen molar-refractivity contribution in [2.75, 3.05) is 13.2 Å². The lowest BCUT2D eigenvalue weighted by molar-refractivity contribution is 0.307. The predicted octanol–water partition coefficient (Wildman–Crippen LogP) is 6.72. The molecule has 3 heteroatoms. The first-order chi connectivity index (χ1) is 14.5. The van der Waals surface area contributed by atoms with Gasteiger partial charge in [0.15, 0.2) is 8.32 Å². The van der Waals surface area contributed by atoms with Crippen LogP contribution in [0.2, 0.25) is 19.6 Å². The third kappa shape index (κ3) is 5.77. The van der Waals surface area contributed by atoms with Gasteiger partial charge in [-0.25, -0.2) is 0 Å². The van der Waals surface area contributed by atoms with Crippen molar-refractivity contribution in [1.82, 2.24) is 0 Å². The van der Waals surface area contributed by atoms with E-state index in [0.717, 1.165) is 26.0 Å². The van der Waals surface area contributed by atoms with Gasteiger partial charge in [0, 0.05) is 31.2 Å². The molecule has 0 amide bonds. The lowest BCUT2D eigenvalue weighted by Gasteiger charge is -2.35. The van der Waals surface area contributed by atoms with Gasteiger partial charge in [-0.2, -0.15) is 0 Å². The smallest absolute Gasteiger partial charge is 0.183 e. The molecule has 0 heterocycles. The van der Waals surface area contributed by atoms with Gasteiger partial charge >= 0.3 is 0 Å². The normalized spacial score (nSPS) is 12.4. The van der Waals surface area contributed by atoms with Crippen LogP contribution in [0, 0.1) is 0 Å². The summed E-state index contributed by atoms with van der Waals surface area (Å²) in [4.78, 5) is 4.76. The summed E-state index contributed by atoms with van der Waals surface area (Å²) in [6.07, 6.45) is 3.90. The van der Waals surface area contributed by atoms with E-state index in [2.05, 4.69) is 117 Å². The first-order valence-corrected chi connectivity index (χ1v) is 14.2. The molecule has 3 aromatic rings. The van der Waals surface area contributed by atoms with E-state index in [9.17, 15) is 0 Å². The molecule has 0 aliphatic carbocycles. The van der Waals surface area contributed by atoms with E-state index in [-0.39, 0.29) is 5.41 Å².